The van der Waals surface area contributed by atoms with Gasteiger partial charge in [0, 0.05) is 13.1 Å². The molecule has 5 nitrogen and oxygen atoms in total. The summed E-state index contributed by atoms with van der Waals surface area (Å²) in [5, 5.41) is 2.78. The number of nitrogens with one attached hydrogen (secondary N) is 1. The molecule has 2 fully saturated rings. The summed E-state index contributed by atoms with van der Waals surface area (Å²) < 4.78 is 5.28. The van der Waals surface area contributed by atoms with Crippen LogP contribution >= 0.6 is 0 Å². The average molecular weight is 296 g/mol. The van der Waals surface area contributed by atoms with E-state index >= 15 is 0 Å². The summed E-state index contributed by atoms with van der Waals surface area (Å²) in [5.41, 5.74) is -0.553. The monoisotopic (exact) mass is 296 g/mol. The fourth-order valence-corrected chi connectivity index (χ4v) is 2.89. The second-order valence-electron chi connectivity index (χ2n) is 7.51. The van der Waals surface area contributed by atoms with Crippen molar-refractivity contribution < 1.29 is 14.3 Å². The second kappa shape index (κ2) is 5.85. The minimum absolute atomic E-state index is 0.0439. The molecule has 0 aromatic heterocycles. The lowest BCUT2D eigenvalue weighted by Crippen LogP contribution is -2.52. The predicted molar refractivity (Wildman–Crippen MR) is 80.8 cm³/mol. The summed E-state index contributed by atoms with van der Waals surface area (Å²) in [6, 6.07) is -0.484. The van der Waals surface area contributed by atoms with Crippen LogP contribution in [0, 0.1) is 17.8 Å². The van der Waals surface area contributed by atoms with Crippen LogP contribution in [0.2, 0.25) is 0 Å². The van der Waals surface area contributed by atoms with E-state index < -0.39 is 17.7 Å². The van der Waals surface area contributed by atoms with Gasteiger partial charge in [-0.1, -0.05) is 20.3 Å². The molecule has 4 atom stereocenters. The lowest BCUT2D eigenvalue weighted by molar-refractivity contribution is -0.134. The van der Waals surface area contributed by atoms with Crippen molar-refractivity contribution in [1.82, 2.24) is 10.2 Å². The topological polar surface area (TPSA) is 58.6 Å². The summed E-state index contributed by atoms with van der Waals surface area (Å²) >= 11 is 0. The average Bonchev–Trinajstić information content (AvgIpc) is 2.99. The highest BCUT2D eigenvalue weighted by molar-refractivity contribution is 5.86. The molecular formula is C16H28N2O3. The SMILES string of the molecule is CCC(C)[C@H](NC(=O)OC(C)(C)C)C(=O)N1CC2C[C@H]2C1. The lowest BCUT2D eigenvalue weighted by atomic mass is 9.98. The third-order valence-corrected chi connectivity index (χ3v) is 4.44. The van der Waals surface area contributed by atoms with Crippen LogP contribution in [0.15, 0.2) is 0 Å². The number of nitrogens with zero attached hydrogens (tertiary/aromatic N) is 1. The number of likely N-dealkylation sites (tertiary alicyclic amines) is 1. The van der Waals surface area contributed by atoms with E-state index in [4.69, 9.17) is 4.74 Å². The van der Waals surface area contributed by atoms with Crippen molar-refractivity contribution in [3.8, 4) is 0 Å². The van der Waals surface area contributed by atoms with Crippen LogP contribution < -0.4 is 5.32 Å². The zero-order chi connectivity index (χ0) is 15.8. The minimum Gasteiger partial charge on any atom is -0.444 e. The molecule has 0 bridgehead atoms. The third-order valence-electron chi connectivity index (χ3n) is 4.44. The van der Waals surface area contributed by atoms with Gasteiger partial charge in [0.1, 0.15) is 11.6 Å². The molecule has 1 saturated heterocycles. The second-order valence-corrected chi connectivity index (χ2v) is 7.51. The fraction of sp³-hybridized carbons (Fsp3) is 0.875. The number of ether oxygens (including phenoxy) is 1. The van der Waals surface area contributed by atoms with E-state index in [1.165, 1.54) is 6.42 Å². The van der Waals surface area contributed by atoms with E-state index in [9.17, 15) is 9.59 Å². The number of hydrogen-bond donors (Lipinski definition) is 1. The summed E-state index contributed by atoms with van der Waals surface area (Å²) in [7, 11) is 0. The van der Waals surface area contributed by atoms with Gasteiger partial charge in [-0.25, -0.2) is 4.79 Å². The predicted octanol–water partition coefficient (Wildman–Crippen LogP) is 2.40. The smallest absolute Gasteiger partial charge is 0.408 e. The Morgan fingerprint density at radius 3 is 2.33 bits per heavy atom. The quantitative estimate of drug-likeness (QED) is 0.866. The van der Waals surface area contributed by atoms with Crippen molar-refractivity contribution in [3.63, 3.8) is 0 Å². The fourth-order valence-electron chi connectivity index (χ4n) is 2.89. The van der Waals surface area contributed by atoms with Crippen LogP contribution in [0.3, 0.4) is 0 Å². The van der Waals surface area contributed by atoms with Crippen LogP contribution in [-0.2, 0) is 9.53 Å². The molecule has 2 unspecified atom stereocenters. The maximum atomic E-state index is 12.7. The van der Waals surface area contributed by atoms with Gasteiger partial charge in [-0.2, -0.15) is 0 Å². The Labute approximate surface area is 127 Å². The molecule has 1 aliphatic heterocycles. The number of carbonyl (C=O) groups excluding carboxylic acids is 2. The van der Waals surface area contributed by atoms with Crippen LogP contribution in [0.25, 0.3) is 0 Å². The Morgan fingerprint density at radius 1 is 1.29 bits per heavy atom. The first-order valence-electron chi connectivity index (χ1n) is 7.99. The van der Waals surface area contributed by atoms with Crippen LogP contribution in [0.4, 0.5) is 4.79 Å². The van der Waals surface area contributed by atoms with E-state index in [1.807, 2.05) is 39.5 Å². The van der Waals surface area contributed by atoms with Gasteiger partial charge in [0.15, 0.2) is 0 Å². The Bertz CT molecular complexity index is 406. The first-order chi connectivity index (χ1) is 9.71. The van der Waals surface area contributed by atoms with Gasteiger partial charge in [-0.15, -0.1) is 0 Å². The van der Waals surface area contributed by atoms with E-state index in [0.29, 0.717) is 11.8 Å². The molecule has 1 N–H and O–H groups in total. The molecule has 2 rings (SSSR count). The molecule has 2 aliphatic rings. The Hall–Kier alpha value is -1.26. The van der Waals surface area contributed by atoms with E-state index in [-0.39, 0.29) is 11.8 Å². The number of rotatable bonds is 4. The number of carbonyl (C=O) groups is 2. The highest BCUT2D eigenvalue weighted by atomic mass is 16.6. The third kappa shape index (κ3) is 4.11. The molecule has 1 aliphatic carbocycles. The van der Waals surface area contributed by atoms with Gasteiger partial charge in [-0.3, -0.25) is 4.79 Å². The van der Waals surface area contributed by atoms with Gasteiger partial charge in [0.2, 0.25) is 5.91 Å². The van der Waals surface area contributed by atoms with E-state index in [1.54, 1.807) is 0 Å². The van der Waals surface area contributed by atoms with Crippen molar-refractivity contribution in [3.05, 3.63) is 0 Å². The molecule has 1 saturated carbocycles. The normalized spacial score (nSPS) is 26.8. The number of fused-ring (bicyclic) bond motifs is 1. The van der Waals surface area contributed by atoms with Gasteiger partial charge < -0.3 is 15.0 Å². The zero-order valence-electron chi connectivity index (χ0n) is 13.8. The van der Waals surface area contributed by atoms with E-state index in [2.05, 4.69) is 5.32 Å². The molecule has 1 heterocycles. The highest BCUT2D eigenvalue weighted by Gasteiger charge is 2.48. The van der Waals surface area contributed by atoms with Gasteiger partial charge >= 0.3 is 6.09 Å². The maximum absolute atomic E-state index is 12.7. The molecule has 5 heteroatoms. The molecule has 0 radical (unpaired) electrons. The summed E-state index contributed by atoms with van der Waals surface area (Å²) in [6.45, 7) is 11.2. The van der Waals surface area contributed by atoms with Crippen LogP contribution in [-0.4, -0.2) is 41.6 Å². The first kappa shape index (κ1) is 16.1. The van der Waals surface area contributed by atoms with Crippen LogP contribution in [0.1, 0.15) is 47.5 Å². The van der Waals surface area contributed by atoms with Crippen molar-refractivity contribution in [2.75, 3.05) is 13.1 Å². The first-order valence-corrected chi connectivity index (χ1v) is 7.99. The van der Waals surface area contributed by atoms with Crippen molar-refractivity contribution >= 4 is 12.0 Å². The minimum atomic E-state index is -0.553. The molecule has 0 spiro atoms. The molecule has 120 valence electrons. The van der Waals surface area contributed by atoms with Crippen LogP contribution in [0.5, 0.6) is 0 Å². The largest absolute Gasteiger partial charge is 0.444 e. The Kier molecular flexibility index (Phi) is 4.49. The van der Waals surface area contributed by atoms with Gasteiger partial charge in [0.25, 0.3) is 0 Å². The molecule has 21 heavy (non-hydrogen) atoms. The van der Waals surface area contributed by atoms with E-state index in [0.717, 1.165) is 19.5 Å². The molecular weight excluding hydrogens is 268 g/mol. The molecule has 2 amide bonds. The van der Waals surface area contributed by atoms with Crippen molar-refractivity contribution in [2.45, 2.75) is 59.1 Å². The lowest BCUT2D eigenvalue weighted by Gasteiger charge is -2.30. The zero-order valence-corrected chi connectivity index (χ0v) is 13.8. The standard InChI is InChI=1S/C16H28N2O3/c1-6-10(2)13(17-15(20)21-16(3,4)5)14(19)18-8-11-7-12(11)9-18/h10-13H,6-9H2,1-5H3,(H,17,20)/t10?,11-,12?,13-/m0/s1. The Balaban J connectivity index is 1.97. The highest BCUT2D eigenvalue weighted by Crippen LogP contribution is 2.45. The summed E-state index contributed by atoms with van der Waals surface area (Å²) in [6.07, 6.45) is 1.59. The Morgan fingerprint density at radius 2 is 1.86 bits per heavy atom. The van der Waals surface area contributed by atoms with Crippen molar-refractivity contribution in [1.29, 1.82) is 0 Å². The number of hydrogen-bond acceptors (Lipinski definition) is 3. The number of amides is 2. The van der Waals surface area contributed by atoms with Crippen molar-refractivity contribution in [2.24, 2.45) is 17.8 Å². The number of alkyl carbamates (subject to hydrolysis) is 1. The summed E-state index contributed by atoms with van der Waals surface area (Å²) in [5.74, 6) is 1.55. The van der Waals surface area contributed by atoms with Gasteiger partial charge in [-0.05, 0) is 44.9 Å². The summed E-state index contributed by atoms with van der Waals surface area (Å²) in [4.78, 5) is 26.6. The molecule has 0 aromatic rings. The number of piperidine rings is 1. The molecule has 0 aromatic carbocycles. The van der Waals surface area contributed by atoms with Gasteiger partial charge in [0.05, 0.1) is 0 Å². The maximum Gasteiger partial charge on any atom is 0.408 e.